The average molecular weight is 335 g/mol. The Balaban J connectivity index is 1.77. The second kappa shape index (κ2) is 7.23. The highest BCUT2D eigenvalue weighted by Gasteiger charge is 2.21. The Morgan fingerprint density at radius 1 is 1.35 bits per heavy atom. The van der Waals surface area contributed by atoms with Crippen molar-refractivity contribution in [3.8, 4) is 5.75 Å². The minimum Gasteiger partial charge on any atom is -0.491 e. The fourth-order valence-corrected chi connectivity index (χ4v) is 2.96. The van der Waals surface area contributed by atoms with Gasteiger partial charge in [-0.3, -0.25) is 4.79 Å². The lowest BCUT2D eigenvalue weighted by Crippen LogP contribution is -2.18. The number of rotatable bonds is 4. The topological polar surface area (TPSA) is 60.2 Å². The van der Waals surface area contributed by atoms with Crippen LogP contribution in [0.4, 0.5) is 0 Å². The fraction of sp³-hybridized carbons (Fsp3) is 0.471. The van der Waals surface area contributed by atoms with Gasteiger partial charge in [-0.05, 0) is 55.0 Å². The largest absolute Gasteiger partial charge is 0.491 e. The summed E-state index contributed by atoms with van der Waals surface area (Å²) in [5, 5.41) is 8.23. The van der Waals surface area contributed by atoms with Crippen molar-refractivity contribution in [3.63, 3.8) is 0 Å². The molecule has 0 bridgehead atoms. The first kappa shape index (κ1) is 16.1. The number of amides is 1. The third kappa shape index (κ3) is 3.98. The number of carbonyl (C=O) groups excluding carboxylic acids is 1. The molecule has 122 valence electrons. The molecule has 2 heterocycles. The molecule has 1 amide bonds. The minimum atomic E-state index is -0.327. The predicted molar refractivity (Wildman–Crippen MR) is 87.3 cm³/mol. The van der Waals surface area contributed by atoms with Gasteiger partial charge in [0.05, 0.1) is 0 Å². The lowest BCUT2D eigenvalue weighted by Gasteiger charge is -2.25. The molecule has 1 fully saturated rings. The summed E-state index contributed by atoms with van der Waals surface area (Å²) in [6, 6.07) is 3.75. The number of hydrogen-bond donors (Lipinski definition) is 0. The fourth-order valence-electron chi connectivity index (χ4n) is 2.78. The van der Waals surface area contributed by atoms with Crippen LogP contribution in [0.15, 0.2) is 34.5 Å². The summed E-state index contributed by atoms with van der Waals surface area (Å²) in [6.45, 7) is 3.83. The molecule has 23 heavy (non-hydrogen) atoms. The van der Waals surface area contributed by atoms with Gasteiger partial charge >= 0.3 is 0 Å². The molecule has 6 heteroatoms. The first-order valence-electron chi connectivity index (χ1n) is 7.77. The van der Waals surface area contributed by atoms with E-state index in [1.54, 1.807) is 6.08 Å². The van der Waals surface area contributed by atoms with E-state index >= 15 is 0 Å². The minimum absolute atomic E-state index is 0.230. The Hall–Kier alpha value is -1.72. The first-order valence-corrected chi connectivity index (χ1v) is 8.15. The quantitative estimate of drug-likeness (QED) is 0.840. The molecular weight excluding hydrogens is 316 g/mol. The van der Waals surface area contributed by atoms with Crippen molar-refractivity contribution >= 4 is 17.5 Å². The van der Waals surface area contributed by atoms with Crippen LogP contribution >= 0.6 is 11.6 Å². The van der Waals surface area contributed by atoms with E-state index in [-0.39, 0.29) is 11.9 Å². The van der Waals surface area contributed by atoms with Crippen LogP contribution in [0.1, 0.15) is 29.9 Å². The van der Waals surface area contributed by atoms with Gasteiger partial charge < -0.3 is 9.47 Å². The monoisotopic (exact) mass is 334 g/mol. The molecule has 0 N–H and O–H groups in total. The van der Waals surface area contributed by atoms with Gasteiger partial charge in [0.1, 0.15) is 18.4 Å². The highest BCUT2D eigenvalue weighted by molar-refractivity contribution is 6.31. The number of aryl methyl sites for hydroxylation is 1. The molecule has 2 aliphatic heterocycles. The van der Waals surface area contributed by atoms with Crippen molar-refractivity contribution in [2.24, 2.45) is 10.2 Å². The summed E-state index contributed by atoms with van der Waals surface area (Å²) >= 11 is 6.30. The Morgan fingerprint density at radius 2 is 2.13 bits per heavy atom. The lowest BCUT2D eigenvalue weighted by molar-refractivity contribution is -0.114. The number of benzene rings is 1. The number of halogens is 1. The zero-order valence-electron chi connectivity index (χ0n) is 13.0. The molecule has 1 unspecified atom stereocenters. The first-order chi connectivity index (χ1) is 11.1. The Morgan fingerprint density at radius 3 is 2.83 bits per heavy atom. The van der Waals surface area contributed by atoms with Crippen molar-refractivity contribution in [1.82, 2.24) is 0 Å². The Labute approximate surface area is 140 Å². The molecule has 3 rings (SSSR count). The molecule has 0 aromatic heterocycles. The van der Waals surface area contributed by atoms with E-state index < -0.39 is 0 Å². The molecule has 1 saturated heterocycles. The van der Waals surface area contributed by atoms with Gasteiger partial charge in [-0.25, -0.2) is 0 Å². The summed E-state index contributed by atoms with van der Waals surface area (Å²) in [7, 11) is 0. The number of hydrogen-bond acceptors (Lipinski definition) is 4. The van der Waals surface area contributed by atoms with Crippen molar-refractivity contribution in [2.45, 2.75) is 31.7 Å². The molecule has 2 aliphatic rings. The lowest BCUT2D eigenvalue weighted by atomic mass is 9.90. The van der Waals surface area contributed by atoms with Crippen LogP contribution in [0.25, 0.3) is 0 Å². The summed E-state index contributed by atoms with van der Waals surface area (Å²) < 4.78 is 11.4. The zero-order chi connectivity index (χ0) is 16.2. The standard InChI is InChI=1S/C17H19ClN2O3/c1-11-8-16(23-10-13-2-3-17(21)20-19-13)14(9-15(11)18)12-4-6-22-7-5-12/h2-3,8-9,12-13H,4-7,10H2,1H3. The maximum absolute atomic E-state index is 11.0. The predicted octanol–water partition coefficient (Wildman–Crippen LogP) is 3.84. The van der Waals surface area contributed by atoms with Crippen LogP contribution in [-0.4, -0.2) is 31.8 Å². The molecule has 1 aromatic carbocycles. The number of carbonyl (C=O) groups is 1. The van der Waals surface area contributed by atoms with E-state index in [0.29, 0.717) is 12.5 Å². The number of azo groups is 1. The van der Waals surface area contributed by atoms with E-state index in [1.807, 2.05) is 19.1 Å². The van der Waals surface area contributed by atoms with Gasteiger partial charge in [0.25, 0.3) is 5.91 Å². The van der Waals surface area contributed by atoms with E-state index in [2.05, 4.69) is 10.2 Å². The summed E-state index contributed by atoms with van der Waals surface area (Å²) in [4.78, 5) is 11.0. The van der Waals surface area contributed by atoms with Gasteiger partial charge in [0.2, 0.25) is 0 Å². The van der Waals surface area contributed by atoms with Gasteiger partial charge in [-0.15, -0.1) is 5.11 Å². The van der Waals surface area contributed by atoms with Crippen LogP contribution < -0.4 is 4.74 Å². The second-order valence-electron chi connectivity index (χ2n) is 5.82. The molecule has 1 aromatic rings. The van der Waals surface area contributed by atoms with Gasteiger partial charge in [0, 0.05) is 24.3 Å². The number of nitrogens with zero attached hydrogens (tertiary/aromatic N) is 2. The maximum Gasteiger partial charge on any atom is 0.287 e. The molecule has 5 nitrogen and oxygen atoms in total. The van der Waals surface area contributed by atoms with E-state index in [4.69, 9.17) is 21.1 Å². The normalized spacial score (nSPS) is 21.7. The van der Waals surface area contributed by atoms with Crippen LogP contribution in [0.2, 0.25) is 5.02 Å². The summed E-state index contributed by atoms with van der Waals surface area (Å²) in [5.41, 5.74) is 2.10. The van der Waals surface area contributed by atoms with Crippen molar-refractivity contribution in [3.05, 3.63) is 40.4 Å². The van der Waals surface area contributed by atoms with Crippen LogP contribution in [0, 0.1) is 6.92 Å². The van der Waals surface area contributed by atoms with Gasteiger partial charge in [0.15, 0.2) is 0 Å². The summed E-state index contributed by atoms with van der Waals surface area (Å²) in [5.74, 6) is 0.896. The summed E-state index contributed by atoms with van der Waals surface area (Å²) in [6.07, 6.45) is 5.07. The maximum atomic E-state index is 11.0. The Kier molecular flexibility index (Phi) is 5.08. The molecular formula is C17H19ClN2O3. The molecule has 0 radical (unpaired) electrons. The molecule has 0 saturated carbocycles. The molecule has 0 spiro atoms. The molecule has 1 atom stereocenters. The third-order valence-corrected chi connectivity index (χ3v) is 4.53. The average Bonchev–Trinajstić information content (AvgIpc) is 2.58. The van der Waals surface area contributed by atoms with Crippen LogP contribution in [0.5, 0.6) is 5.75 Å². The Bertz CT molecular complexity index is 635. The van der Waals surface area contributed by atoms with Crippen molar-refractivity contribution < 1.29 is 14.3 Å². The van der Waals surface area contributed by atoms with Gasteiger partial charge in [-0.2, -0.15) is 5.11 Å². The van der Waals surface area contributed by atoms with Crippen molar-refractivity contribution in [1.29, 1.82) is 0 Å². The van der Waals surface area contributed by atoms with Gasteiger partial charge in [-0.1, -0.05) is 11.6 Å². The third-order valence-electron chi connectivity index (χ3n) is 4.13. The smallest absolute Gasteiger partial charge is 0.287 e. The van der Waals surface area contributed by atoms with Crippen LogP contribution in [-0.2, 0) is 9.53 Å². The SMILES string of the molecule is Cc1cc(OCC2C=CC(=O)N=N2)c(C2CCOCC2)cc1Cl. The van der Waals surface area contributed by atoms with E-state index in [1.165, 1.54) is 6.08 Å². The van der Waals surface area contributed by atoms with Crippen molar-refractivity contribution in [2.75, 3.05) is 19.8 Å². The van der Waals surface area contributed by atoms with E-state index in [9.17, 15) is 4.79 Å². The molecule has 0 aliphatic carbocycles. The van der Waals surface area contributed by atoms with E-state index in [0.717, 1.165) is 48.0 Å². The number of ether oxygens (including phenoxy) is 2. The zero-order valence-corrected chi connectivity index (χ0v) is 13.8. The second-order valence-corrected chi connectivity index (χ2v) is 6.22. The highest BCUT2D eigenvalue weighted by atomic mass is 35.5. The van der Waals surface area contributed by atoms with Crippen LogP contribution in [0.3, 0.4) is 0 Å². The highest BCUT2D eigenvalue weighted by Crippen LogP contribution is 2.37.